The molecule has 104 valence electrons. The SMILES string of the molecule is C=C/C=C1C(C(=C)C)=C(/C=C\C)C(C)(C)NC\1(C)C. The first-order valence-electron chi connectivity index (χ1n) is 6.83. The summed E-state index contributed by atoms with van der Waals surface area (Å²) in [5.74, 6) is 0. The second-order valence-corrected chi connectivity index (χ2v) is 6.26. The van der Waals surface area contributed by atoms with Crippen LogP contribution in [0.15, 0.2) is 59.8 Å². The molecule has 0 aromatic carbocycles. The third-order valence-corrected chi connectivity index (χ3v) is 3.55. The van der Waals surface area contributed by atoms with E-state index >= 15 is 0 Å². The summed E-state index contributed by atoms with van der Waals surface area (Å²) in [7, 11) is 0. The Hall–Kier alpha value is -1.34. The van der Waals surface area contributed by atoms with Crippen molar-refractivity contribution in [2.24, 2.45) is 0 Å². The topological polar surface area (TPSA) is 12.0 Å². The van der Waals surface area contributed by atoms with Gasteiger partial charge in [-0.1, -0.05) is 43.0 Å². The molecule has 0 bridgehead atoms. The highest BCUT2D eigenvalue weighted by molar-refractivity contribution is 5.60. The summed E-state index contributed by atoms with van der Waals surface area (Å²) in [5, 5.41) is 3.72. The van der Waals surface area contributed by atoms with Crippen LogP contribution in [-0.4, -0.2) is 11.1 Å². The quantitative estimate of drug-likeness (QED) is 0.772. The Morgan fingerprint density at radius 1 is 1.16 bits per heavy atom. The summed E-state index contributed by atoms with van der Waals surface area (Å²) in [6.07, 6.45) is 8.22. The summed E-state index contributed by atoms with van der Waals surface area (Å²) in [4.78, 5) is 0. The Kier molecular flexibility index (Phi) is 4.42. The molecular weight excluding hydrogens is 230 g/mol. The van der Waals surface area contributed by atoms with Gasteiger partial charge >= 0.3 is 0 Å². The second kappa shape index (κ2) is 5.34. The highest BCUT2D eigenvalue weighted by atomic mass is 15.1. The number of hydrogen-bond donors (Lipinski definition) is 1. The minimum absolute atomic E-state index is 0.0806. The first kappa shape index (κ1) is 15.7. The fourth-order valence-corrected chi connectivity index (χ4v) is 3.01. The number of nitrogens with one attached hydrogen (secondary N) is 1. The van der Waals surface area contributed by atoms with E-state index in [2.05, 4.69) is 78.2 Å². The molecule has 1 N–H and O–H groups in total. The van der Waals surface area contributed by atoms with Crippen molar-refractivity contribution < 1.29 is 0 Å². The smallest absolute Gasteiger partial charge is 0.0390 e. The average molecular weight is 257 g/mol. The van der Waals surface area contributed by atoms with Crippen molar-refractivity contribution in [2.45, 2.75) is 52.6 Å². The van der Waals surface area contributed by atoms with Crippen molar-refractivity contribution in [1.29, 1.82) is 0 Å². The standard InChI is InChI=1S/C18H27N/c1-9-11-14-16(13(3)4)15(12-10-2)18(7,8)19-17(14,5)6/h9-12,19H,1,3H2,2,4-8H3/b12-10-,14-11+. The predicted octanol–water partition coefficient (Wildman–Crippen LogP) is 4.71. The van der Waals surface area contributed by atoms with Gasteiger partial charge in [-0.3, -0.25) is 5.32 Å². The van der Waals surface area contributed by atoms with Crippen LogP contribution in [0.4, 0.5) is 0 Å². The van der Waals surface area contributed by atoms with Crippen LogP contribution >= 0.6 is 0 Å². The molecule has 0 radical (unpaired) electrons. The van der Waals surface area contributed by atoms with Gasteiger partial charge in [0.25, 0.3) is 0 Å². The van der Waals surface area contributed by atoms with E-state index in [9.17, 15) is 0 Å². The minimum atomic E-state index is -0.100. The van der Waals surface area contributed by atoms with Crippen LogP contribution in [-0.2, 0) is 0 Å². The Morgan fingerprint density at radius 3 is 2.16 bits per heavy atom. The van der Waals surface area contributed by atoms with Gasteiger partial charge in [-0.2, -0.15) is 0 Å². The Bertz CT molecular complexity index is 482. The molecule has 1 heterocycles. The Balaban J connectivity index is 3.71. The van der Waals surface area contributed by atoms with E-state index in [1.807, 2.05) is 6.08 Å². The minimum Gasteiger partial charge on any atom is -0.299 e. The molecule has 0 fully saturated rings. The molecule has 1 aliphatic heterocycles. The largest absolute Gasteiger partial charge is 0.299 e. The molecule has 19 heavy (non-hydrogen) atoms. The van der Waals surface area contributed by atoms with Gasteiger partial charge in [0.2, 0.25) is 0 Å². The maximum atomic E-state index is 4.18. The molecule has 0 atom stereocenters. The van der Waals surface area contributed by atoms with E-state index in [4.69, 9.17) is 0 Å². The lowest BCUT2D eigenvalue weighted by molar-refractivity contribution is 0.323. The molecule has 0 amide bonds. The predicted molar refractivity (Wildman–Crippen MR) is 86.2 cm³/mol. The van der Waals surface area contributed by atoms with Gasteiger partial charge in [-0.25, -0.2) is 0 Å². The maximum Gasteiger partial charge on any atom is 0.0390 e. The lowest BCUT2D eigenvalue weighted by Gasteiger charge is -2.47. The first-order valence-corrected chi connectivity index (χ1v) is 6.83. The molecule has 0 spiro atoms. The molecule has 1 heteroatoms. The van der Waals surface area contributed by atoms with Crippen molar-refractivity contribution >= 4 is 0 Å². The lowest BCUT2D eigenvalue weighted by Crippen LogP contribution is -2.57. The molecule has 1 rings (SSSR count). The van der Waals surface area contributed by atoms with Crippen LogP contribution in [0.25, 0.3) is 0 Å². The third kappa shape index (κ3) is 2.98. The molecule has 0 unspecified atom stereocenters. The van der Waals surface area contributed by atoms with Crippen molar-refractivity contribution in [1.82, 2.24) is 5.32 Å². The van der Waals surface area contributed by atoms with Crippen LogP contribution in [0.2, 0.25) is 0 Å². The fraction of sp³-hybridized carbons (Fsp3) is 0.444. The maximum absolute atomic E-state index is 4.18. The van der Waals surface area contributed by atoms with Gasteiger partial charge < -0.3 is 0 Å². The van der Waals surface area contributed by atoms with Crippen LogP contribution in [0, 0.1) is 0 Å². The van der Waals surface area contributed by atoms with Gasteiger partial charge in [0.05, 0.1) is 0 Å². The summed E-state index contributed by atoms with van der Waals surface area (Å²) < 4.78 is 0. The zero-order valence-electron chi connectivity index (χ0n) is 13.2. The normalized spacial score (nSPS) is 24.0. The molecule has 0 aromatic rings. The summed E-state index contributed by atoms with van der Waals surface area (Å²) in [6.45, 7) is 21.0. The van der Waals surface area contributed by atoms with E-state index in [0.29, 0.717) is 0 Å². The van der Waals surface area contributed by atoms with E-state index in [1.165, 1.54) is 16.7 Å². The lowest BCUT2D eigenvalue weighted by atomic mass is 9.72. The molecule has 0 saturated carbocycles. The summed E-state index contributed by atoms with van der Waals surface area (Å²) in [6, 6.07) is 0. The summed E-state index contributed by atoms with van der Waals surface area (Å²) in [5.41, 5.74) is 4.72. The third-order valence-electron chi connectivity index (χ3n) is 3.55. The number of rotatable bonds is 3. The van der Waals surface area contributed by atoms with Gasteiger partial charge in [-0.15, -0.1) is 0 Å². The summed E-state index contributed by atoms with van der Waals surface area (Å²) >= 11 is 0. The number of hydrogen-bond acceptors (Lipinski definition) is 1. The van der Waals surface area contributed by atoms with Gasteiger partial charge in [-0.05, 0) is 58.3 Å². The van der Waals surface area contributed by atoms with Crippen LogP contribution in [0.3, 0.4) is 0 Å². The highest BCUT2D eigenvalue weighted by Gasteiger charge is 2.40. The molecule has 0 aliphatic carbocycles. The molecule has 0 saturated heterocycles. The second-order valence-electron chi connectivity index (χ2n) is 6.26. The van der Waals surface area contributed by atoms with E-state index < -0.39 is 0 Å². The number of allylic oxidation sites excluding steroid dienone is 4. The average Bonchev–Trinajstić information content (AvgIpc) is 2.23. The first-order chi connectivity index (χ1) is 8.67. The molecule has 1 aliphatic rings. The van der Waals surface area contributed by atoms with Crippen molar-refractivity contribution in [3.63, 3.8) is 0 Å². The van der Waals surface area contributed by atoms with E-state index in [0.717, 1.165) is 5.57 Å². The zero-order chi connectivity index (χ0) is 14.8. The van der Waals surface area contributed by atoms with Crippen LogP contribution < -0.4 is 5.32 Å². The van der Waals surface area contributed by atoms with Crippen LogP contribution in [0.1, 0.15) is 41.5 Å². The van der Waals surface area contributed by atoms with Crippen molar-refractivity contribution in [2.75, 3.05) is 0 Å². The monoisotopic (exact) mass is 257 g/mol. The highest BCUT2D eigenvalue weighted by Crippen LogP contribution is 2.41. The van der Waals surface area contributed by atoms with Crippen LogP contribution in [0.5, 0.6) is 0 Å². The molecular formula is C18H27N. The van der Waals surface area contributed by atoms with Crippen molar-refractivity contribution in [3.8, 4) is 0 Å². The molecule has 0 aromatic heterocycles. The Labute approximate surface area is 118 Å². The zero-order valence-corrected chi connectivity index (χ0v) is 13.2. The van der Waals surface area contributed by atoms with E-state index in [-0.39, 0.29) is 11.1 Å². The van der Waals surface area contributed by atoms with E-state index in [1.54, 1.807) is 0 Å². The Morgan fingerprint density at radius 2 is 1.74 bits per heavy atom. The fourth-order valence-electron chi connectivity index (χ4n) is 3.01. The van der Waals surface area contributed by atoms with Gasteiger partial charge in [0.15, 0.2) is 0 Å². The molecule has 1 nitrogen and oxygen atoms in total. The van der Waals surface area contributed by atoms with Gasteiger partial charge in [0, 0.05) is 11.1 Å². The van der Waals surface area contributed by atoms with Gasteiger partial charge in [0.1, 0.15) is 0 Å². The van der Waals surface area contributed by atoms with Crippen molar-refractivity contribution in [3.05, 3.63) is 59.8 Å².